The Morgan fingerprint density at radius 1 is 1.03 bits per heavy atom. The Morgan fingerprint density at radius 3 is 2.43 bits per heavy atom. The molecule has 0 aliphatic carbocycles. The van der Waals surface area contributed by atoms with Gasteiger partial charge in [-0.15, -0.1) is 0 Å². The van der Waals surface area contributed by atoms with E-state index in [1.807, 2.05) is 24.0 Å². The van der Waals surface area contributed by atoms with Gasteiger partial charge in [0.1, 0.15) is 11.5 Å². The number of rotatable bonds is 6. The van der Waals surface area contributed by atoms with Crippen LogP contribution in [0.15, 0.2) is 49.1 Å². The maximum atomic E-state index is 13.3. The van der Waals surface area contributed by atoms with E-state index < -0.39 is 6.10 Å². The summed E-state index contributed by atoms with van der Waals surface area (Å²) in [4.78, 5) is 13.7. The predicted octanol–water partition coefficient (Wildman–Crippen LogP) is 2.74. The third-order valence-corrected chi connectivity index (χ3v) is 5.64. The third-order valence-electron chi connectivity index (χ3n) is 5.64. The van der Waals surface area contributed by atoms with Crippen molar-refractivity contribution >= 4 is 5.82 Å². The molecule has 2 aromatic heterocycles. The number of aliphatic hydroxyl groups excluding tert-OH is 1. The molecular weight excluding hydrogens is 383 g/mol. The van der Waals surface area contributed by atoms with Gasteiger partial charge in [-0.1, -0.05) is 0 Å². The highest BCUT2D eigenvalue weighted by Gasteiger charge is 2.22. The number of anilines is 1. The van der Waals surface area contributed by atoms with Crippen LogP contribution in [-0.2, 0) is 6.54 Å². The summed E-state index contributed by atoms with van der Waals surface area (Å²) < 4.78 is 15.1. The number of hydrogen-bond donors (Lipinski definition) is 1. The number of aliphatic hydroxyl groups is 1. The molecule has 0 bridgehead atoms. The Hall–Kier alpha value is -2.84. The standard InChI is InChI=1S/C22H27FN6O/c1-16(17(2)30)29-15-18(13-26-29)14-27-9-11-28(12-10-27)22-21(24-7-8-25-22)19-3-5-20(23)6-4-19/h3-8,13,15-17,30H,9-12,14H2,1-2H3/t16-,17-/m1/s1. The fourth-order valence-corrected chi connectivity index (χ4v) is 3.65. The molecule has 0 saturated carbocycles. The van der Waals surface area contributed by atoms with Gasteiger partial charge in [0.15, 0.2) is 5.82 Å². The van der Waals surface area contributed by atoms with E-state index in [2.05, 4.69) is 24.9 Å². The van der Waals surface area contributed by atoms with E-state index in [1.54, 1.807) is 31.5 Å². The minimum absolute atomic E-state index is 0.0443. The van der Waals surface area contributed by atoms with Gasteiger partial charge in [-0.05, 0) is 38.1 Å². The molecule has 1 N–H and O–H groups in total. The minimum atomic E-state index is -0.441. The van der Waals surface area contributed by atoms with Crippen LogP contribution in [0.5, 0.6) is 0 Å². The van der Waals surface area contributed by atoms with Crippen LogP contribution in [0.25, 0.3) is 11.3 Å². The van der Waals surface area contributed by atoms with Crippen molar-refractivity contribution < 1.29 is 9.50 Å². The summed E-state index contributed by atoms with van der Waals surface area (Å²) in [6.07, 6.45) is 6.82. The van der Waals surface area contributed by atoms with E-state index >= 15 is 0 Å². The molecular formula is C22H27FN6O. The predicted molar refractivity (Wildman–Crippen MR) is 114 cm³/mol. The first-order valence-electron chi connectivity index (χ1n) is 10.3. The summed E-state index contributed by atoms with van der Waals surface area (Å²) in [5.41, 5.74) is 2.78. The quantitative estimate of drug-likeness (QED) is 0.674. The molecule has 3 heterocycles. The summed E-state index contributed by atoms with van der Waals surface area (Å²) in [5.74, 6) is 0.575. The molecule has 0 amide bonds. The second-order valence-corrected chi connectivity index (χ2v) is 7.81. The lowest BCUT2D eigenvalue weighted by Crippen LogP contribution is -2.46. The molecule has 7 nitrogen and oxygen atoms in total. The number of hydrogen-bond acceptors (Lipinski definition) is 6. The van der Waals surface area contributed by atoms with Crippen molar-refractivity contribution in [3.05, 3.63) is 60.4 Å². The molecule has 30 heavy (non-hydrogen) atoms. The normalized spacial score (nSPS) is 17.1. The monoisotopic (exact) mass is 410 g/mol. The highest BCUT2D eigenvalue weighted by molar-refractivity contribution is 5.72. The minimum Gasteiger partial charge on any atom is -0.391 e. The maximum Gasteiger partial charge on any atom is 0.155 e. The van der Waals surface area contributed by atoms with E-state index in [9.17, 15) is 9.50 Å². The first kappa shape index (κ1) is 20.4. The SMILES string of the molecule is C[C@H]([C@@H](C)O)n1cc(CN2CCN(c3nccnc3-c3ccc(F)cc3)CC2)cn1. The molecule has 2 atom stereocenters. The molecule has 0 unspecified atom stereocenters. The van der Waals surface area contributed by atoms with Crippen molar-refractivity contribution in [2.45, 2.75) is 32.5 Å². The van der Waals surface area contributed by atoms with Crippen LogP contribution in [0, 0.1) is 5.82 Å². The Balaban J connectivity index is 1.40. The van der Waals surface area contributed by atoms with Crippen LogP contribution in [-0.4, -0.2) is 62.0 Å². The molecule has 0 radical (unpaired) electrons. The van der Waals surface area contributed by atoms with Gasteiger partial charge < -0.3 is 10.0 Å². The molecule has 0 spiro atoms. The van der Waals surface area contributed by atoms with Gasteiger partial charge >= 0.3 is 0 Å². The largest absolute Gasteiger partial charge is 0.391 e. The average molecular weight is 410 g/mol. The maximum absolute atomic E-state index is 13.3. The van der Waals surface area contributed by atoms with Crippen molar-refractivity contribution in [3.63, 3.8) is 0 Å². The van der Waals surface area contributed by atoms with Gasteiger partial charge in [-0.25, -0.2) is 9.37 Å². The van der Waals surface area contributed by atoms with Crippen LogP contribution >= 0.6 is 0 Å². The number of benzene rings is 1. The van der Waals surface area contributed by atoms with Crippen LogP contribution in [0.4, 0.5) is 10.2 Å². The van der Waals surface area contributed by atoms with Crippen molar-refractivity contribution in [1.82, 2.24) is 24.6 Å². The summed E-state index contributed by atoms with van der Waals surface area (Å²) in [6, 6.07) is 6.34. The smallest absolute Gasteiger partial charge is 0.155 e. The number of halogens is 1. The van der Waals surface area contributed by atoms with Crippen molar-refractivity contribution in [2.24, 2.45) is 0 Å². The highest BCUT2D eigenvalue weighted by Crippen LogP contribution is 2.27. The van der Waals surface area contributed by atoms with Crippen LogP contribution in [0.3, 0.4) is 0 Å². The van der Waals surface area contributed by atoms with E-state index in [-0.39, 0.29) is 11.9 Å². The topological polar surface area (TPSA) is 70.3 Å². The Morgan fingerprint density at radius 2 is 1.73 bits per heavy atom. The van der Waals surface area contributed by atoms with E-state index in [1.165, 1.54) is 12.1 Å². The molecule has 1 fully saturated rings. The molecule has 158 valence electrons. The van der Waals surface area contributed by atoms with Crippen molar-refractivity contribution in [2.75, 3.05) is 31.1 Å². The summed E-state index contributed by atoms with van der Waals surface area (Å²) >= 11 is 0. The van der Waals surface area contributed by atoms with Crippen LogP contribution in [0.2, 0.25) is 0 Å². The van der Waals surface area contributed by atoms with Gasteiger partial charge in [0.25, 0.3) is 0 Å². The van der Waals surface area contributed by atoms with E-state index in [0.29, 0.717) is 0 Å². The zero-order valence-electron chi connectivity index (χ0n) is 17.3. The highest BCUT2D eigenvalue weighted by atomic mass is 19.1. The van der Waals surface area contributed by atoms with Gasteiger partial charge in [0.2, 0.25) is 0 Å². The molecule has 1 saturated heterocycles. The number of piperazine rings is 1. The molecule has 1 aromatic carbocycles. The third kappa shape index (κ3) is 4.49. The zero-order chi connectivity index (χ0) is 21.1. The van der Waals surface area contributed by atoms with E-state index in [0.717, 1.165) is 55.4 Å². The van der Waals surface area contributed by atoms with Gasteiger partial charge in [0.05, 0.1) is 18.3 Å². The number of aromatic nitrogens is 4. The van der Waals surface area contributed by atoms with Crippen molar-refractivity contribution in [3.8, 4) is 11.3 Å². The van der Waals surface area contributed by atoms with Gasteiger partial charge in [-0.2, -0.15) is 5.10 Å². The second-order valence-electron chi connectivity index (χ2n) is 7.81. The first-order chi connectivity index (χ1) is 14.5. The van der Waals surface area contributed by atoms with Gasteiger partial charge in [-0.3, -0.25) is 14.6 Å². The summed E-state index contributed by atoms with van der Waals surface area (Å²) in [7, 11) is 0. The fraction of sp³-hybridized carbons (Fsp3) is 0.409. The van der Waals surface area contributed by atoms with Gasteiger partial charge in [0, 0.05) is 62.4 Å². The summed E-state index contributed by atoms with van der Waals surface area (Å²) in [5, 5.41) is 14.1. The van der Waals surface area contributed by atoms with Crippen molar-refractivity contribution in [1.29, 1.82) is 0 Å². The zero-order valence-corrected chi connectivity index (χ0v) is 17.3. The first-order valence-corrected chi connectivity index (χ1v) is 10.3. The lowest BCUT2D eigenvalue weighted by Gasteiger charge is -2.35. The van der Waals surface area contributed by atoms with Crippen LogP contribution < -0.4 is 4.90 Å². The molecule has 3 aromatic rings. The Kier molecular flexibility index (Phi) is 6.06. The Bertz CT molecular complexity index is 966. The molecule has 4 rings (SSSR count). The van der Waals surface area contributed by atoms with E-state index in [4.69, 9.17) is 0 Å². The summed E-state index contributed by atoms with van der Waals surface area (Å²) in [6.45, 7) is 8.03. The average Bonchev–Trinajstić information content (AvgIpc) is 3.22. The number of nitrogens with zero attached hydrogens (tertiary/aromatic N) is 6. The lowest BCUT2D eigenvalue weighted by molar-refractivity contribution is 0.132. The molecule has 1 aliphatic heterocycles. The Labute approximate surface area is 175 Å². The fourth-order valence-electron chi connectivity index (χ4n) is 3.65. The lowest BCUT2D eigenvalue weighted by atomic mass is 10.1. The molecule has 8 heteroatoms. The second kappa shape index (κ2) is 8.89. The van der Waals surface area contributed by atoms with Crippen LogP contribution in [0.1, 0.15) is 25.5 Å². The molecule has 1 aliphatic rings.